The van der Waals surface area contributed by atoms with Crippen LogP contribution in [0.25, 0.3) is 11.1 Å². The normalized spacial score (nSPS) is 14.0. The molecular formula is C39H37N3O5. The highest BCUT2D eigenvalue weighted by atomic mass is 16.5. The molecule has 0 aromatic heterocycles. The minimum absolute atomic E-state index is 0.00738. The van der Waals surface area contributed by atoms with Crippen LogP contribution in [-0.2, 0) is 20.8 Å². The molecule has 1 saturated heterocycles. The van der Waals surface area contributed by atoms with E-state index in [0.717, 1.165) is 39.9 Å². The number of ether oxygens (including phenoxy) is 2. The number of esters is 1. The van der Waals surface area contributed by atoms with E-state index >= 15 is 0 Å². The Morgan fingerprint density at radius 2 is 1.43 bits per heavy atom. The van der Waals surface area contributed by atoms with Gasteiger partial charge in [-0.15, -0.1) is 0 Å². The number of hydrogen-bond acceptors (Lipinski definition) is 6. The Bertz CT molecular complexity index is 1760. The summed E-state index contributed by atoms with van der Waals surface area (Å²) in [6.45, 7) is 3.46. The lowest BCUT2D eigenvalue weighted by Gasteiger charge is -2.30. The van der Waals surface area contributed by atoms with Crippen molar-refractivity contribution < 1.29 is 23.9 Å². The van der Waals surface area contributed by atoms with Gasteiger partial charge in [0.1, 0.15) is 6.61 Å². The van der Waals surface area contributed by atoms with E-state index in [2.05, 4.69) is 51.6 Å². The van der Waals surface area contributed by atoms with E-state index in [9.17, 15) is 14.4 Å². The molecule has 47 heavy (non-hydrogen) atoms. The van der Waals surface area contributed by atoms with Gasteiger partial charge in [-0.25, -0.2) is 4.79 Å². The lowest BCUT2D eigenvalue weighted by Crippen LogP contribution is -2.45. The smallest absolute Gasteiger partial charge is 0.407 e. The summed E-state index contributed by atoms with van der Waals surface area (Å²) in [6.07, 6.45) is 0.471. The third-order valence-corrected chi connectivity index (χ3v) is 8.62. The van der Waals surface area contributed by atoms with Crippen molar-refractivity contribution in [1.82, 2.24) is 15.5 Å². The Morgan fingerprint density at radius 3 is 2.00 bits per heavy atom. The molecular weight excluding hydrogens is 590 g/mol. The highest BCUT2D eigenvalue weighted by Gasteiger charge is 2.29. The van der Waals surface area contributed by atoms with Gasteiger partial charge in [-0.2, -0.15) is 0 Å². The van der Waals surface area contributed by atoms with Crippen molar-refractivity contribution >= 4 is 18.0 Å². The summed E-state index contributed by atoms with van der Waals surface area (Å²) >= 11 is 0. The summed E-state index contributed by atoms with van der Waals surface area (Å²) in [4.78, 5) is 40.3. The quantitative estimate of drug-likeness (QED) is 0.178. The first-order valence-corrected chi connectivity index (χ1v) is 15.9. The van der Waals surface area contributed by atoms with Crippen LogP contribution in [0.3, 0.4) is 0 Å². The summed E-state index contributed by atoms with van der Waals surface area (Å²) in [5, 5.41) is 5.53. The molecule has 2 amide bonds. The molecule has 0 saturated carbocycles. The number of likely N-dealkylation sites (tertiary alicyclic amines) is 1. The standard InChI is InChI=1S/C39H37N3O5/c1-46-37(43)23-31(41-39(45)47-26-36-34-9-4-2-7-32(34)33-8-3-5-10-35(33)36)24-40-38(44)30-19-17-28(18-20-30)12-11-27-13-15-29(16-14-27)25-42-21-6-22-42/h2-5,7-10,13-20,31,36H,6,21-26H2,1H3,(H,40,44)(H,41,45). The van der Waals surface area contributed by atoms with Crippen LogP contribution in [0.1, 0.15) is 56.9 Å². The van der Waals surface area contributed by atoms with Gasteiger partial charge in [0.25, 0.3) is 5.91 Å². The minimum Gasteiger partial charge on any atom is -0.469 e. The van der Waals surface area contributed by atoms with Crippen LogP contribution >= 0.6 is 0 Å². The zero-order valence-corrected chi connectivity index (χ0v) is 26.3. The van der Waals surface area contributed by atoms with Gasteiger partial charge in [0.2, 0.25) is 0 Å². The maximum absolute atomic E-state index is 12.9. The van der Waals surface area contributed by atoms with E-state index < -0.39 is 18.1 Å². The van der Waals surface area contributed by atoms with Crippen molar-refractivity contribution in [3.8, 4) is 23.0 Å². The number of carbonyl (C=O) groups excluding carboxylic acids is 3. The molecule has 0 radical (unpaired) electrons. The van der Waals surface area contributed by atoms with Crippen LogP contribution in [0.4, 0.5) is 4.79 Å². The van der Waals surface area contributed by atoms with Gasteiger partial charge in [-0.1, -0.05) is 72.5 Å². The third kappa shape index (κ3) is 7.89. The molecule has 1 aliphatic carbocycles. The average Bonchev–Trinajstić information content (AvgIpc) is 3.41. The fraction of sp³-hybridized carbons (Fsp3) is 0.256. The molecule has 4 aromatic carbocycles. The predicted octanol–water partition coefficient (Wildman–Crippen LogP) is 5.49. The van der Waals surface area contributed by atoms with Crippen LogP contribution in [0.2, 0.25) is 0 Å². The highest BCUT2D eigenvalue weighted by Crippen LogP contribution is 2.44. The van der Waals surface area contributed by atoms with Crippen molar-refractivity contribution in [2.45, 2.75) is 31.3 Å². The number of nitrogens with zero attached hydrogens (tertiary/aromatic N) is 1. The van der Waals surface area contributed by atoms with Crippen LogP contribution in [0.5, 0.6) is 0 Å². The van der Waals surface area contributed by atoms with E-state index in [1.807, 2.05) is 48.5 Å². The van der Waals surface area contributed by atoms with Gasteiger partial charge >= 0.3 is 12.1 Å². The van der Waals surface area contributed by atoms with Gasteiger partial charge in [0, 0.05) is 35.7 Å². The van der Waals surface area contributed by atoms with Gasteiger partial charge in [-0.3, -0.25) is 14.5 Å². The van der Waals surface area contributed by atoms with Crippen molar-refractivity contribution in [1.29, 1.82) is 0 Å². The Morgan fingerprint density at radius 1 is 0.830 bits per heavy atom. The molecule has 238 valence electrons. The van der Waals surface area contributed by atoms with Crippen LogP contribution < -0.4 is 10.6 Å². The van der Waals surface area contributed by atoms with Crippen LogP contribution in [0, 0.1) is 11.8 Å². The van der Waals surface area contributed by atoms with Crippen molar-refractivity contribution in [2.24, 2.45) is 0 Å². The van der Waals surface area contributed by atoms with Crippen molar-refractivity contribution in [3.05, 3.63) is 130 Å². The second-order valence-corrected chi connectivity index (χ2v) is 11.8. The highest BCUT2D eigenvalue weighted by molar-refractivity contribution is 5.94. The lowest BCUT2D eigenvalue weighted by molar-refractivity contribution is -0.141. The topological polar surface area (TPSA) is 97.0 Å². The molecule has 1 aliphatic heterocycles. The van der Waals surface area contributed by atoms with Crippen LogP contribution in [-0.4, -0.2) is 62.3 Å². The molecule has 0 spiro atoms. The second kappa shape index (κ2) is 14.8. The molecule has 0 bridgehead atoms. The molecule has 2 N–H and O–H groups in total. The summed E-state index contributed by atoms with van der Waals surface area (Å²) in [5.74, 6) is 5.37. The fourth-order valence-corrected chi connectivity index (χ4v) is 5.92. The molecule has 1 unspecified atom stereocenters. The van der Waals surface area contributed by atoms with Crippen molar-refractivity contribution in [3.63, 3.8) is 0 Å². The van der Waals surface area contributed by atoms with E-state index in [1.54, 1.807) is 24.3 Å². The number of hydrogen-bond donors (Lipinski definition) is 2. The van der Waals surface area contributed by atoms with Gasteiger partial charge in [-0.05, 0) is 83.7 Å². The average molecular weight is 628 g/mol. The van der Waals surface area contributed by atoms with Gasteiger partial charge < -0.3 is 20.1 Å². The van der Waals surface area contributed by atoms with E-state index in [4.69, 9.17) is 9.47 Å². The monoisotopic (exact) mass is 627 g/mol. The number of nitrogens with one attached hydrogen (secondary N) is 2. The summed E-state index contributed by atoms with van der Waals surface area (Å²) in [5.41, 5.74) is 7.90. The number of amides is 2. The number of fused-ring (bicyclic) bond motifs is 3. The Balaban J connectivity index is 1.01. The van der Waals surface area contributed by atoms with Gasteiger partial charge in [0.15, 0.2) is 0 Å². The van der Waals surface area contributed by atoms with Crippen LogP contribution in [0.15, 0.2) is 97.1 Å². The largest absolute Gasteiger partial charge is 0.469 e. The molecule has 2 aliphatic rings. The first kappa shape index (κ1) is 31.6. The number of methoxy groups -OCH3 is 1. The molecule has 8 nitrogen and oxygen atoms in total. The Hall–Kier alpha value is -5.39. The molecule has 1 atom stereocenters. The Labute approximate surface area is 275 Å². The number of alkyl carbamates (subject to hydrolysis) is 1. The minimum atomic E-state index is -0.732. The maximum Gasteiger partial charge on any atom is 0.407 e. The van der Waals surface area contributed by atoms with E-state index in [1.165, 1.54) is 32.2 Å². The maximum atomic E-state index is 12.9. The van der Waals surface area contributed by atoms with Crippen molar-refractivity contribution in [2.75, 3.05) is 33.4 Å². The molecule has 8 heteroatoms. The third-order valence-electron chi connectivity index (χ3n) is 8.62. The summed E-state index contributed by atoms with van der Waals surface area (Å²) in [6, 6.07) is 30.7. The SMILES string of the molecule is COC(=O)CC(CNC(=O)c1ccc(C#Cc2ccc(CN3CCC3)cc2)cc1)NC(=O)OCC1c2ccccc2-c2ccccc21. The Kier molecular flexibility index (Phi) is 9.95. The molecule has 6 rings (SSSR count). The summed E-state index contributed by atoms with van der Waals surface area (Å²) < 4.78 is 10.5. The first-order chi connectivity index (χ1) is 23.0. The molecule has 1 fully saturated rings. The number of rotatable bonds is 10. The fourth-order valence-electron chi connectivity index (χ4n) is 5.92. The number of benzene rings is 4. The second-order valence-electron chi connectivity index (χ2n) is 11.8. The van der Waals surface area contributed by atoms with E-state index in [-0.39, 0.29) is 31.4 Å². The van der Waals surface area contributed by atoms with Gasteiger partial charge in [0.05, 0.1) is 19.6 Å². The molecule has 1 heterocycles. The first-order valence-electron chi connectivity index (χ1n) is 15.9. The zero-order chi connectivity index (χ0) is 32.6. The summed E-state index contributed by atoms with van der Waals surface area (Å²) in [7, 11) is 1.28. The van der Waals surface area contributed by atoms with E-state index in [0.29, 0.717) is 5.56 Å². The predicted molar refractivity (Wildman–Crippen MR) is 180 cm³/mol. The lowest BCUT2D eigenvalue weighted by atomic mass is 9.98. The zero-order valence-electron chi connectivity index (χ0n) is 26.3. The molecule has 4 aromatic rings. The number of carbonyl (C=O) groups is 3.